The van der Waals surface area contributed by atoms with E-state index >= 15 is 0 Å². The number of aliphatic carboxylic acids is 1. The molecule has 1 saturated heterocycles. The molecule has 0 radical (unpaired) electrons. The van der Waals surface area contributed by atoms with Gasteiger partial charge in [-0.15, -0.1) is 0 Å². The van der Waals surface area contributed by atoms with Crippen LogP contribution in [-0.4, -0.2) is 21.6 Å². The molecule has 1 aliphatic carbocycles. The molecule has 0 amide bonds. The van der Waals surface area contributed by atoms with Gasteiger partial charge in [-0.2, -0.15) is 11.8 Å². The highest BCUT2D eigenvalue weighted by Crippen LogP contribution is 2.52. The molecule has 1 saturated carbocycles. The second-order valence-corrected chi connectivity index (χ2v) is 6.29. The van der Waals surface area contributed by atoms with E-state index in [-0.39, 0.29) is 10.7 Å². The van der Waals surface area contributed by atoms with Crippen LogP contribution in [0.4, 0.5) is 0 Å². The zero-order valence-electron chi connectivity index (χ0n) is 8.66. The van der Waals surface area contributed by atoms with E-state index in [0.717, 1.165) is 30.9 Å². The third-order valence-corrected chi connectivity index (χ3v) is 5.56. The summed E-state index contributed by atoms with van der Waals surface area (Å²) in [7, 11) is 0. The van der Waals surface area contributed by atoms with Crippen LogP contribution in [0.1, 0.15) is 39.0 Å². The van der Waals surface area contributed by atoms with Crippen molar-refractivity contribution < 1.29 is 9.90 Å². The summed E-state index contributed by atoms with van der Waals surface area (Å²) in [5.41, 5.74) is 0. The standard InChI is InChI=1S/C11H18O2S/c1-8-2-5-11(6-3-8)9(10(12)13)4-7-14-11/h8-9H,2-7H2,1H3,(H,12,13). The Morgan fingerprint density at radius 1 is 1.36 bits per heavy atom. The molecule has 2 fully saturated rings. The minimum atomic E-state index is -0.565. The van der Waals surface area contributed by atoms with Gasteiger partial charge in [0.05, 0.1) is 5.92 Å². The Bertz CT molecular complexity index is 231. The molecule has 14 heavy (non-hydrogen) atoms. The van der Waals surface area contributed by atoms with E-state index in [0.29, 0.717) is 0 Å². The van der Waals surface area contributed by atoms with Gasteiger partial charge >= 0.3 is 5.97 Å². The normalized spacial score (nSPS) is 42.9. The van der Waals surface area contributed by atoms with E-state index < -0.39 is 5.97 Å². The van der Waals surface area contributed by atoms with Gasteiger partial charge in [-0.1, -0.05) is 6.92 Å². The lowest BCUT2D eigenvalue weighted by Gasteiger charge is -2.38. The summed E-state index contributed by atoms with van der Waals surface area (Å²) >= 11 is 1.92. The molecule has 0 bridgehead atoms. The van der Waals surface area contributed by atoms with E-state index in [9.17, 15) is 9.90 Å². The number of carbonyl (C=O) groups is 1. The number of rotatable bonds is 1. The summed E-state index contributed by atoms with van der Waals surface area (Å²) in [6, 6.07) is 0. The Kier molecular flexibility index (Phi) is 2.78. The highest BCUT2D eigenvalue weighted by atomic mass is 32.2. The van der Waals surface area contributed by atoms with Crippen molar-refractivity contribution in [2.24, 2.45) is 11.8 Å². The number of carboxylic acids is 1. The smallest absolute Gasteiger partial charge is 0.307 e. The van der Waals surface area contributed by atoms with Crippen molar-refractivity contribution in [1.29, 1.82) is 0 Å². The molecule has 1 aliphatic heterocycles. The summed E-state index contributed by atoms with van der Waals surface area (Å²) in [5.74, 6) is 1.21. The molecule has 3 heteroatoms. The van der Waals surface area contributed by atoms with Crippen molar-refractivity contribution in [2.75, 3.05) is 5.75 Å². The molecule has 1 atom stereocenters. The maximum absolute atomic E-state index is 11.1. The molecular formula is C11H18O2S. The number of hydrogen-bond acceptors (Lipinski definition) is 2. The third kappa shape index (κ3) is 1.67. The Balaban J connectivity index is 2.10. The molecule has 1 spiro atoms. The summed E-state index contributed by atoms with van der Waals surface area (Å²) in [6.07, 6.45) is 5.56. The predicted octanol–water partition coefficient (Wildman–Crippen LogP) is 2.77. The molecule has 2 nitrogen and oxygen atoms in total. The maximum atomic E-state index is 11.1. The van der Waals surface area contributed by atoms with Crippen LogP contribution in [-0.2, 0) is 4.79 Å². The number of hydrogen-bond donors (Lipinski definition) is 1. The Labute approximate surface area is 89.5 Å². The van der Waals surface area contributed by atoms with Gasteiger partial charge in [0.2, 0.25) is 0 Å². The monoisotopic (exact) mass is 214 g/mol. The quantitative estimate of drug-likeness (QED) is 0.729. The van der Waals surface area contributed by atoms with Crippen LogP contribution in [0.25, 0.3) is 0 Å². The van der Waals surface area contributed by atoms with Crippen molar-refractivity contribution in [1.82, 2.24) is 0 Å². The van der Waals surface area contributed by atoms with Gasteiger partial charge in [-0.25, -0.2) is 0 Å². The highest BCUT2D eigenvalue weighted by Gasteiger charge is 2.48. The van der Waals surface area contributed by atoms with Crippen LogP contribution < -0.4 is 0 Å². The Hall–Kier alpha value is -0.180. The molecular weight excluding hydrogens is 196 g/mol. The fourth-order valence-corrected chi connectivity index (χ4v) is 4.54. The predicted molar refractivity (Wildman–Crippen MR) is 58.6 cm³/mol. The Morgan fingerprint density at radius 3 is 2.57 bits per heavy atom. The summed E-state index contributed by atoms with van der Waals surface area (Å²) in [4.78, 5) is 11.1. The van der Waals surface area contributed by atoms with Gasteiger partial charge in [0, 0.05) is 4.75 Å². The zero-order chi connectivity index (χ0) is 10.2. The van der Waals surface area contributed by atoms with Crippen molar-refractivity contribution in [3.05, 3.63) is 0 Å². The lowest BCUT2D eigenvalue weighted by molar-refractivity contribution is -0.143. The first-order valence-corrected chi connectivity index (χ1v) is 6.49. The highest BCUT2D eigenvalue weighted by molar-refractivity contribution is 8.01. The number of carboxylic acid groups (broad SMARTS) is 1. The van der Waals surface area contributed by atoms with Gasteiger partial charge in [-0.3, -0.25) is 4.79 Å². The van der Waals surface area contributed by atoms with Crippen LogP contribution in [0.2, 0.25) is 0 Å². The second kappa shape index (κ2) is 3.76. The van der Waals surface area contributed by atoms with Gasteiger partial charge in [0.25, 0.3) is 0 Å². The molecule has 0 aromatic rings. The summed E-state index contributed by atoms with van der Waals surface area (Å²) < 4.78 is 0.109. The lowest BCUT2D eigenvalue weighted by Crippen LogP contribution is -2.38. The fraction of sp³-hybridized carbons (Fsp3) is 0.909. The summed E-state index contributed by atoms with van der Waals surface area (Å²) in [6.45, 7) is 2.28. The largest absolute Gasteiger partial charge is 0.481 e. The van der Waals surface area contributed by atoms with Gasteiger partial charge in [-0.05, 0) is 43.8 Å². The van der Waals surface area contributed by atoms with Gasteiger partial charge in [0.15, 0.2) is 0 Å². The molecule has 1 unspecified atom stereocenters. The van der Waals surface area contributed by atoms with E-state index in [2.05, 4.69) is 6.92 Å². The Morgan fingerprint density at radius 2 is 2.00 bits per heavy atom. The average Bonchev–Trinajstić information content (AvgIpc) is 2.55. The van der Waals surface area contributed by atoms with Crippen LogP contribution in [0.15, 0.2) is 0 Å². The SMILES string of the molecule is CC1CCC2(CC1)SCCC2C(=O)O. The topological polar surface area (TPSA) is 37.3 Å². The number of thioether (sulfide) groups is 1. The minimum Gasteiger partial charge on any atom is -0.481 e. The van der Waals surface area contributed by atoms with Crippen LogP contribution in [0, 0.1) is 11.8 Å². The lowest BCUT2D eigenvalue weighted by atomic mass is 9.75. The van der Waals surface area contributed by atoms with Crippen molar-refractivity contribution in [3.8, 4) is 0 Å². The molecule has 2 rings (SSSR count). The fourth-order valence-electron chi connectivity index (χ4n) is 2.84. The van der Waals surface area contributed by atoms with Crippen molar-refractivity contribution in [2.45, 2.75) is 43.8 Å². The van der Waals surface area contributed by atoms with Crippen LogP contribution >= 0.6 is 11.8 Å². The zero-order valence-corrected chi connectivity index (χ0v) is 9.48. The van der Waals surface area contributed by atoms with E-state index in [1.807, 2.05) is 11.8 Å². The van der Waals surface area contributed by atoms with E-state index in [4.69, 9.17) is 0 Å². The first kappa shape index (κ1) is 10.3. The molecule has 0 aromatic carbocycles. The second-order valence-electron chi connectivity index (χ2n) is 4.78. The molecule has 0 aromatic heterocycles. The first-order valence-electron chi connectivity index (χ1n) is 5.51. The molecule has 2 aliphatic rings. The molecule has 1 heterocycles. The molecule has 80 valence electrons. The molecule has 1 N–H and O–H groups in total. The summed E-state index contributed by atoms with van der Waals surface area (Å²) in [5, 5.41) is 9.18. The van der Waals surface area contributed by atoms with Gasteiger partial charge < -0.3 is 5.11 Å². The third-order valence-electron chi connectivity index (χ3n) is 3.85. The van der Waals surface area contributed by atoms with Crippen molar-refractivity contribution in [3.63, 3.8) is 0 Å². The average molecular weight is 214 g/mol. The first-order chi connectivity index (χ1) is 6.64. The maximum Gasteiger partial charge on any atom is 0.307 e. The van der Waals surface area contributed by atoms with E-state index in [1.165, 1.54) is 12.8 Å². The minimum absolute atomic E-state index is 0.0694. The van der Waals surface area contributed by atoms with E-state index in [1.54, 1.807) is 0 Å². The van der Waals surface area contributed by atoms with Gasteiger partial charge in [0.1, 0.15) is 0 Å². The van der Waals surface area contributed by atoms with Crippen molar-refractivity contribution >= 4 is 17.7 Å². The van der Waals surface area contributed by atoms with Crippen LogP contribution in [0.3, 0.4) is 0 Å². The van der Waals surface area contributed by atoms with Crippen LogP contribution in [0.5, 0.6) is 0 Å².